The monoisotopic (exact) mass is 653 g/mol. The summed E-state index contributed by atoms with van der Waals surface area (Å²) in [5.41, 5.74) is 11.1. The van der Waals surface area contributed by atoms with E-state index in [-0.39, 0.29) is 12.0 Å². The molecule has 0 bridgehead atoms. The van der Waals surface area contributed by atoms with Crippen molar-refractivity contribution in [2.24, 2.45) is 0 Å². The molecule has 2 atom stereocenters. The summed E-state index contributed by atoms with van der Waals surface area (Å²) in [7, 11) is 0. The number of hydrogen-bond donors (Lipinski definition) is 0. The van der Waals surface area contributed by atoms with Crippen LogP contribution in [0.15, 0.2) is 174 Å². The fourth-order valence-electron chi connectivity index (χ4n) is 8.46. The van der Waals surface area contributed by atoms with E-state index in [2.05, 4.69) is 181 Å². The predicted molar refractivity (Wildman–Crippen MR) is 210 cm³/mol. The highest BCUT2D eigenvalue weighted by Gasteiger charge is 2.39. The molecule has 2 heterocycles. The van der Waals surface area contributed by atoms with Gasteiger partial charge in [0.05, 0.1) is 5.69 Å². The molecule has 2 aliphatic rings. The van der Waals surface area contributed by atoms with E-state index in [0.29, 0.717) is 0 Å². The van der Waals surface area contributed by atoms with Gasteiger partial charge in [0.25, 0.3) is 0 Å². The SMILES string of the molecule is C1=CC2c3c(cccc3N(c3cccc(-c4cccc5oc6c7ccccc7ccc6c45)c3)c3ccc4ccccc4c3)OC2c2ccccc21. The van der Waals surface area contributed by atoms with Gasteiger partial charge in [-0.2, -0.15) is 0 Å². The van der Waals surface area contributed by atoms with E-state index in [1.54, 1.807) is 0 Å². The van der Waals surface area contributed by atoms with Crippen LogP contribution in [0.4, 0.5) is 17.1 Å². The minimum atomic E-state index is -0.0600. The largest absolute Gasteiger partial charge is 0.484 e. The fraction of sp³-hybridized carbons (Fsp3) is 0.0417. The van der Waals surface area contributed by atoms with Crippen LogP contribution >= 0.6 is 0 Å². The Hall–Kier alpha value is -6.58. The third kappa shape index (κ3) is 4.31. The van der Waals surface area contributed by atoms with Gasteiger partial charge in [-0.3, -0.25) is 0 Å². The minimum Gasteiger partial charge on any atom is -0.484 e. The van der Waals surface area contributed by atoms with Crippen LogP contribution in [0.25, 0.3) is 60.7 Å². The quantitative estimate of drug-likeness (QED) is 0.189. The standard InChI is InChI=1S/C48H31NO2/c1-2-13-33-28-36(25-22-30(33)10-1)49(42-19-9-21-44-46(42)41-27-24-32-12-4-6-17-39(32)48(41)51-44)35-15-7-14-34(29-35)37-18-8-20-43-45(37)40-26-23-31-11-3-5-16-38(31)47(40)50-43/h1-29,41,48H. The smallest absolute Gasteiger partial charge is 0.143 e. The summed E-state index contributed by atoms with van der Waals surface area (Å²) in [6.45, 7) is 0. The molecule has 1 aliphatic carbocycles. The van der Waals surface area contributed by atoms with Gasteiger partial charge < -0.3 is 14.1 Å². The lowest BCUT2D eigenvalue weighted by molar-refractivity contribution is 0.223. The summed E-state index contributed by atoms with van der Waals surface area (Å²) in [5.74, 6) is 1.03. The Kier molecular flexibility index (Phi) is 6.08. The van der Waals surface area contributed by atoms with Crippen molar-refractivity contribution in [1.29, 1.82) is 0 Å². The maximum atomic E-state index is 6.79. The molecule has 0 radical (unpaired) electrons. The Morgan fingerprint density at radius 3 is 2.29 bits per heavy atom. The number of nitrogens with zero attached hydrogens (tertiary/aromatic N) is 1. The van der Waals surface area contributed by atoms with Crippen molar-refractivity contribution in [3.8, 4) is 16.9 Å². The van der Waals surface area contributed by atoms with Crippen molar-refractivity contribution < 1.29 is 9.15 Å². The topological polar surface area (TPSA) is 25.6 Å². The van der Waals surface area contributed by atoms with E-state index < -0.39 is 0 Å². The van der Waals surface area contributed by atoms with Crippen LogP contribution in [0.2, 0.25) is 0 Å². The number of furan rings is 1. The van der Waals surface area contributed by atoms with Crippen LogP contribution in [-0.2, 0) is 0 Å². The fourth-order valence-corrected chi connectivity index (χ4v) is 8.46. The lowest BCUT2D eigenvalue weighted by Crippen LogP contribution is -2.15. The number of anilines is 3. The molecule has 0 spiro atoms. The second kappa shape index (κ2) is 11.0. The normalized spacial score (nSPS) is 15.9. The summed E-state index contributed by atoms with van der Waals surface area (Å²) in [6.07, 6.45) is 4.52. The van der Waals surface area contributed by atoms with E-state index in [4.69, 9.17) is 9.15 Å². The van der Waals surface area contributed by atoms with E-state index in [1.807, 2.05) is 0 Å². The number of fused-ring (bicyclic) bond motifs is 11. The van der Waals surface area contributed by atoms with Gasteiger partial charge in [0.1, 0.15) is 23.0 Å². The lowest BCUT2D eigenvalue weighted by Gasteiger charge is -2.30. The molecule has 8 aromatic carbocycles. The molecule has 51 heavy (non-hydrogen) atoms. The van der Waals surface area contributed by atoms with Gasteiger partial charge in [-0.25, -0.2) is 0 Å². The molecule has 0 N–H and O–H groups in total. The first kappa shape index (κ1) is 28.3. The number of ether oxygens (including phenoxy) is 1. The Labute approximate surface area is 295 Å². The summed E-state index contributed by atoms with van der Waals surface area (Å²) >= 11 is 0. The van der Waals surface area contributed by atoms with Crippen LogP contribution < -0.4 is 9.64 Å². The maximum Gasteiger partial charge on any atom is 0.143 e. The van der Waals surface area contributed by atoms with E-state index in [0.717, 1.165) is 61.3 Å². The third-order valence-corrected chi connectivity index (χ3v) is 10.8. The molecule has 0 saturated carbocycles. The average molecular weight is 654 g/mol. The molecule has 0 fully saturated rings. The molecule has 2 unspecified atom stereocenters. The first-order chi connectivity index (χ1) is 25.3. The number of rotatable bonds is 4. The Morgan fingerprint density at radius 1 is 0.549 bits per heavy atom. The molecule has 1 aromatic heterocycles. The molecular formula is C48H31NO2. The van der Waals surface area contributed by atoms with Crippen molar-refractivity contribution in [2.45, 2.75) is 12.0 Å². The lowest BCUT2D eigenvalue weighted by atomic mass is 9.83. The first-order valence-corrected chi connectivity index (χ1v) is 17.6. The highest BCUT2D eigenvalue weighted by atomic mass is 16.5. The molecule has 11 rings (SSSR count). The maximum absolute atomic E-state index is 6.79. The molecule has 3 nitrogen and oxygen atoms in total. The molecule has 1 aliphatic heterocycles. The Morgan fingerprint density at radius 2 is 1.33 bits per heavy atom. The van der Waals surface area contributed by atoms with Crippen molar-refractivity contribution in [3.63, 3.8) is 0 Å². The highest BCUT2D eigenvalue weighted by molar-refractivity contribution is 6.19. The number of benzene rings is 8. The van der Waals surface area contributed by atoms with Crippen LogP contribution in [0.3, 0.4) is 0 Å². The molecule has 0 saturated heterocycles. The molecular weight excluding hydrogens is 623 g/mol. The van der Waals surface area contributed by atoms with Gasteiger partial charge in [0.15, 0.2) is 0 Å². The van der Waals surface area contributed by atoms with Crippen LogP contribution in [-0.4, -0.2) is 0 Å². The zero-order chi connectivity index (χ0) is 33.5. The van der Waals surface area contributed by atoms with Gasteiger partial charge in [-0.05, 0) is 81.4 Å². The van der Waals surface area contributed by atoms with Crippen LogP contribution in [0.1, 0.15) is 28.7 Å². The van der Waals surface area contributed by atoms with Gasteiger partial charge in [0, 0.05) is 44.6 Å². The second-order valence-corrected chi connectivity index (χ2v) is 13.6. The van der Waals surface area contributed by atoms with Gasteiger partial charge >= 0.3 is 0 Å². The summed E-state index contributed by atoms with van der Waals surface area (Å²) in [4.78, 5) is 2.41. The molecule has 240 valence electrons. The van der Waals surface area contributed by atoms with Crippen molar-refractivity contribution in [3.05, 3.63) is 187 Å². The highest BCUT2D eigenvalue weighted by Crippen LogP contribution is 2.55. The van der Waals surface area contributed by atoms with Crippen molar-refractivity contribution in [1.82, 2.24) is 0 Å². The van der Waals surface area contributed by atoms with Crippen LogP contribution in [0, 0.1) is 0 Å². The zero-order valence-corrected chi connectivity index (χ0v) is 27.7. The van der Waals surface area contributed by atoms with E-state index in [1.165, 1.54) is 32.8 Å². The summed E-state index contributed by atoms with van der Waals surface area (Å²) in [5, 5.41) is 6.99. The Bertz CT molecular complexity index is 2880. The predicted octanol–water partition coefficient (Wildman–Crippen LogP) is 13.3. The third-order valence-electron chi connectivity index (χ3n) is 10.8. The zero-order valence-electron chi connectivity index (χ0n) is 27.7. The molecule has 9 aromatic rings. The average Bonchev–Trinajstić information content (AvgIpc) is 3.78. The molecule has 0 amide bonds. The van der Waals surface area contributed by atoms with Gasteiger partial charge in [-0.15, -0.1) is 0 Å². The van der Waals surface area contributed by atoms with Crippen molar-refractivity contribution in [2.75, 3.05) is 4.90 Å². The van der Waals surface area contributed by atoms with Crippen LogP contribution in [0.5, 0.6) is 5.75 Å². The molecule has 3 heteroatoms. The first-order valence-electron chi connectivity index (χ1n) is 17.6. The number of hydrogen-bond acceptors (Lipinski definition) is 3. The Balaban J connectivity index is 1.12. The minimum absolute atomic E-state index is 0.0600. The van der Waals surface area contributed by atoms with Gasteiger partial charge in [-0.1, -0.05) is 127 Å². The summed E-state index contributed by atoms with van der Waals surface area (Å²) in [6, 6.07) is 58.6. The van der Waals surface area contributed by atoms with E-state index in [9.17, 15) is 0 Å². The summed E-state index contributed by atoms with van der Waals surface area (Å²) < 4.78 is 13.4. The second-order valence-electron chi connectivity index (χ2n) is 13.6. The van der Waals surface area contributed by atoms with Gasteiger partial charge in [0.2, 0.25) is 0 Å². The van der Waals surface area contributed by atoms with Crippen molar-refractivity contribution >= 4 is 66.6 Å². The van der Waals surface area contributed by atoms with E-state index >= 15 is 0 Å².